The first-order valence-electron chi connectivity index (χ1n) is 5.67. The largest absolute Gasteiger partial charge is 0.491 e. The Kier molecular flexibility index (Phi) is 5.95. The van der Waals surface area contributed by atoms with Crippen LogP contribution in [0.5, 0.6) is 5.75 Å². The Morgan fingerprint density at radius 1 is 1.33 bits per heavy atom. The predicted molar refractivity (Wildman–Crippen MR) is 72.7 cm³/mol. The molecular formula is C12H18BClO4. The zero-order chi connectivity index (χ0) is 13.7. The zero-order valence-electron chi connectivity index (χ0n) is 11.1. The first-order valence-corrected chi connectivity index (χ1v) is 6.05. The number of ether oxygens (including phenoxy) is 2. The van der Waals surface area contributed by atoms with Gasteiger partial charge in [-0.15, -0.1) is 0 Å². The van der Waals surface area contributed by atoms with Gasteiger partial charge in [0.25, 0.3) is 0 Å². The van der Waals surface area contributed by atoms with Gasteiger partial charge < -0.3 is 19.2 Å². The fraction of sp³-hybridized carbons (Fsp3) is 0.500. The fourth-order valence-corrected chi connectivity index (χ4v) is 2.20. The van der Waals surface area contributed by atoms with Gasteiger partial charge in [0.15, 0.2) is 6.79 Å². The molecule has 0 radical (unpaired) electrons. The van der Waals surface area contributed by atoms with Crippen molar-refractivity contribution in [2.24, 2.45) is 0 Å². The number of methoxy groups -OCH3 is 1. The second kappa shape index (κ2) is 6.99. The van der Waals surface area contributed by atoms with E-state index in [0.29, 0.717) is 16.2 Å². The molecule has 0 spiro atoms. The van der Waals surface area contributed by atoms with Gasteiger partial charge in [-0.1, -0.05) is 25.4 Å². The Morgan fingerprint density at radius 3 is 2.50 bits per heavy atom. The Bertz CT molecular complexity index is 398. The smallest absolute Gasteiger partial charge is 0.468 e. The molecule has 1 aromatic carbocycles. The molecule has 0 aliphatic heterocycles. The minimum Gasteiger partial charge on any atom is -0.468 e. The molecule has 0 fully saturated rings. The van der Waals surface area contributed by atoms with E-state index in [1.807, 2.05) is 13.8 Å². The maximum atomic E-state index is 9.87. The number of hydrogen-bond donors (Lipinski definition) is 1. The van der Waals surface area contributed by atoms with E-state index < -0.39 is 7.12 Å². The molecule has 0 aliphatic rings. The van der Waals surface area contributed by atoms with Crippen LogP contribution >= 0.6 is 11.6 Å². The van der Waals surface area contributed by atoms with E-state index in [4.69, 9.17) is 25.7 Å². The van der Waals surface area contributed by atoms with Gasteiger partial charge in [-0.2, -0.15) is 0 Å². The Hall–Kier alpha value is -0.745. The molecule has 0 aliphatic carbocycles. The summed E-state index contributed by atoms with van der Waals surface area (Å²) in [7, 11) is 1.95. The Morgan fingerprint density at radius 2 is 2.00 bits per heavy atom. The normalized spacial score (nSPS) is 10.8. The molecule has 0 unspecified atom stereocenters. The lowest BCUT2D eigenvalue weighted by molar-refractivity contribution is 0.0511. The maximum Gasteiger partial charge on any atom is 0.491 e. The molecule has 0 bridgehead atoms. The van der Waals surface area contributed by atoms with Crippen molar-refractivity contribution in [3.8, 4) is 5.75 Å². The molecule has 100 valence electrons. The van der Waals surface area contributed by atoms with E-state index in [-0.39, 0.29) is 12.7 Å². The number of benzene rings is 1. The van der Waals surface area contributed by atoms with Crippen molar-refractivity contribution in [3.05, 3.63) is 22.7 Å². The van der Waals surface area contributed by atoms with Gasteiger partial charge in [0, 0.05) is 19.2 Å². The van der Waals surface area contributed by atoms with Gasteiger partial charge in [-0.05, 0) is 29.1 Å². The summed E-state index contributed by atoms with van der Waals surface area (Å²) in [4.78, 5) is 0. The van der Waals surface area contributed by atoms with Crippen LogP contribution < -0.4 is 10.2 Å². The number of rotatable bonds is 6. The molecule has 18 heavy (non-hydrogen) atoms. The van der Waals surface area contributed by atoms with Crippen molar-refractivity contribution in [1.29, 1.82) is 0 Å². The van der Waals surface area contributed by atoms with Crippen LogP contribution in [0.25, 0.3) is 0 Å². The van der Waals surface area contributed by atoms with E-state index >= 15 is 0 Å². The van der Waals surface area contributed by atoms with E-state index in [2.05, 4.69) is 0 Å². The minimum absolute atomic E-state index is 0.125. The Balaban J connectivity index is 3.19. The number of halogens is 1. The van der Waals surface area contributed by atoms with Gasteiger partial charge in [0.1, 0.15) is 5.75 Å². The van der Waals surface area contributed by atoms with Gasteiger partial charge in [0.05, 0.1) is 0 Å². The van der Waals surface area contributed by atoms with E-state index in [1.165, 1.54) is 14.2 Å². The number of hydrogen-bond acceptors (Lipinski definition) is 4. The van der Waals surface area contributed by atoms with Crippen molar-refractivity contribution in [2.75, 3.05) is 21.0 Å². The predicted octanol–water partition coefficient (Wildman–Crippen LogP) is 1.78. The molecule has 0 saturated heterocycles. The summed E-state index contributed by atoms with van der Waals surface area (Å²) < 4.78 is 15.1. The highest BCUT2D eigenvalue weighted by molar-refractivity contribution is 6.61. The highest BCUT2D eigenvalue weighted by Gasteiger charge is 2.23. The molecule has 0 atom stereocenters. The summed E-state index contributed by atoms with van der Waals surface area (Å²) in [5.41, 5.74) is 1.47. The zero-order valence-corrected chi connectivity index (χ0v) is 11.8. The lowest BCUT2D eigenvalue weighted by Gasteiger charge is -2.17. The highest BCUT2D eigenvalue weighted by Crippen LogP contribution is 2.27. The summed E-state index contributed by atoms with van der Waals surface area (Å²) in [5, 5.41) is 10.4. The third-order valence-corrected chi connectivity index (χ3v) is 2.86. The van der Waals surface area contributed by atoms with Crippen molar-refractivity contribution < 1.29 is 19.2 Å². The summed E-state index contributed by atoms with van der Waals surface area (Å²) in [6.07, 6.45) is 0. The van der Waals surface area contributed by atoms with Crippen LogP contribution in [-0.4, -0.2) is 33.2 Å². The van der Waals surface area contributed by atoms with Crippen LogP contribution in [0, 0.1) is 0 Å². The quantitative estimate of drug-likeness (QED) is 0.633. The third kappa shape index (κ3) is 3.62. The molecule has 1 rings (SSSR count). The summed E-state index contributed by atoms with van der Waals surface area (Å²) >= 11 is 6.22. The second-order valence-corrected chi connectivity index (χ2v) is 4.61. The lowest BCUT2D eigenvalue weighted by Crippen LogP contribution is -2.36. The van der Waals surface area contributed by atoms with E-state index in [1.54, 1.807) is 12.1 Å². The molecular weight excluding hydrogens is 254 g/mol. The summed E-state index contributed by atoms with van der Waals surface area (Å²) in [6.45, 7) is 4.13. The van der Waals surface area contributed by atoms with Crippen LogP contribution in [0.15, 0.2) is 12.1 Å². The second-order valence-electron chi connectivity index (χ2n) is 4.20. The minimum atomic E-state index is -1.02. The van der Waals surface area contributed by atoms with E-state index in [0.717, 1.165) is 5.56 Å². The molecule has 0 aromatic heterocycles. The van der Waals surface area contributed by atoms with Crippen molar-refractivity contribution in [1.82, 2.24) is 0 Å². The first-order chi connectivity index (χ1) is 8.51. The lowest BCUT2D eigenvalue weighted by atomic mass is 9.74. The maximum absolute atomic E-state index is 9.87. The summed E-state index contributed by atoms with van der Waals surface area (Å²) in [5.74, 6) is 0.714. The summed E-state index contributed by atoms with van der Waals surface area (Å²) in [6, 6.07) is 3.43. The monoisotopic (exact) mass is 272 g/mol. The standard InChI is InChI=1S/C12H18BClO4/c1-8(2)12-10(13(15)17-4)5-9(6-11(12)14)18-7-16-3/h5-6,8,15H,7H2,1-4H3. The molecule has 0 heterocycles. The first kappa shape index (κ1) is 15.3. The van der Waals surface area contributed by atoms with Crippen molar-refractivity contribution >= 4 is 24.2 Å². The molecule has 1 aromatic rings. The Labute approximate surface area is 113 Å². The van der Waals surface area contributed by atoms with Gasteiger partial charge in [-0.25, -0.2) is 0 Å². The van der Waals surface area contributed by atoms with Gasteiger partial charge in [-0.3, -0.25) is 0 Å². The van der Waals surface area contributed by atoms with Crippen molar-refractivity contribution in [2.45, 2.75) is 19.8 Å². The van der Waals surface area contributed by atoms with Gasteiger partial charge in [0.2, 0.25) is 0 Å². The molecule has 4 nitrogen and oxygen atoms in total. The van der Waals surface area contributed by atoms with E-state index in [9.17, 15) is 5.02 Å². The fourth-order valence-electron chi connectivity index (χ4n) is 1.76. The average Bonchev–Trinajstić information content (AvgIpc) is 2.33. The van der Waals surface area contributed by atoms with Crippen LogP contribution in [-0.2, 0) is 9.39 Å². The van der Waals surface area contributed by atoms with Crippen LogP contribution in [0.2, 0.25) is 5.02 Å². The molecule has 1 N–H and O–H groups in total. The van der Waals surface area contributed by atoms with Gasteiger partial charge >= 0.3 is 7.12 Å². The molecule has 6 heteroatoms. The SMILES string of the molecule is COCOc1cc(Cl)c(C(C)C)c(B(O)OC)c1. The van der Waals surface area contributed by atoms with Crippen LogP contribution in [0.4, 0.5) is 0 Å². The van der Waals surface area contributed by atoms with Crippen molar-refractivity contribution in [3.63, 3.8) is 0 Å². The average molecular weight is 273 g/mol. The van der Waals surface area contributed by atoms with Crippen LogP contribution in [0.1, 0.15) is 25.3 Å². The highest BCUT2D eigenvalue weighted by atomic mass is 35.5. The topological polar surface area (TPSA) is 47.9 Å². The van der Waals surface area contributed by atoms with Crippen LogP contribution in [0.3, 0.4) is 0 Å². The third-order valence-electron chi connectivity index (χ3n) is 2.55. The molecule has 0 amide bonds. The molecule has 0 saturated carbocycles.